The third-order valence-electron chi connectivity index (χ3n) is 2.92. The molecule has 1 aliphatic heterocycles. The fourth-order valence-electron chi connectivity index (χ4n) is 1.97. The molecule has 0 aromatic heterocycles. The number of hydrogen-bond acceptors (Lipinski definition) is 3. The maximum Gasteiger partial charge on any atom is 0.134 e. The molecule has 0 aliphatic carbocycles. The SMILES string of the molecule is CCOc1ccccc1C#CCN1CCNCC1. The predicted octanol–water partition coefficient (Wildman–Crippen LogP) is 1.34. The zero-order chi connectivity index (χ0) is 12.6. The molecule has 1 N–H and O–H groups in total. The van der Waals surface area contributed by atoms with Crippen molar-refractivity contribution in [2.24, 2.45) is 0 Å². The second-order valence-corrected chi connectivity index (χ2v) is 4.26. The van der Waals surface area contributed by atoms with Crippen LogP contribution in [-0.4, -0.2) is 44.2 Å². The van der Waals surface area contributed by atoms with Crippen LogP contribution in [0.3, 0.4) is 0 Å². The van der Waals surface area contributed by atoms with E-state index in [1.54, 1.807) is 0 Å². The second kappa shape index (κ2) is 7.05. The van der Waals surface area contributed by atoms with Crippen LogP contribution in [0.5, 0.6) is 5.75 Å². The highest BCUT2D eigenvalue weighted by Gasteiger charge is 2.06. The van der Waals surface area contributed by atoms with E-state index in [1.807, 2.05) is 31.2 Å². The van der Waals surface area contributed by atoms with Crippen LogP contribution in [0.1, 0.15) is 12.5 Å². The predicted molar refractivity (Wildman–Crippen MR) is 73.8 cm³/mol. The van der Waals surface area contributed by atoms with Crippen LogP contribution in [0.25, 0.3) is 0 Å². The summed E-state index contributed by atoms with van der Waals surface area (Å²) >= 11 is 0. The molecule has 3 nitrogen and oxygen atoms in total. The van der Waals surface area contributed by atoms with E-state index in [4.69, 9.17) is 4.74 Å². The van der Waals surface area contributed by atoms with Crippen molar-refractivity contribution in [2.45, 2.75) is 6.92 Å². The summed E-state index contributed by atoms with van der Waals surface area (Å²) in [6.45, 7) is 7.81. The Balaban J connectivity index is 1.96. The van der Waals surface area contributed by atoms with E-state index in [1.165, 1.54) is 0 Å². The average Bonchev–Trinajstić information content (AvgIpc) is 2.42. The van der Waals surface area contributed by atoms with Crippen LogP contribution in [0.4, 0.5) is 0 Å². The normalized spacial score (nSPS) is 15.8. The highest BCUT2D eigenvalue weighted by atomic mass is 16.5. The molecule has 0 bridgehead atoms. The van der Waals surface area contributed by atoms with Crippen LogP contribution in [-0.2, 0) is 0 Å². The van der Waals surface area contributed by atoms with Gasteiger partial charge in [-0.2, -0.15) is 0 Å². The molecule has 96 valence electrons. The third kappa shape index (κ3) is 3.76. The van der Waals surface area contributed by atoms with E-state index in [0.717, 1.165) is 44.0 Å². The van der Waals surface area contributed by atoms with Crippen molar-refractivity contribution in [1.29, 1.82) is 0 Å². The maximum absolute atomic E-state index is 5.55. The Labute approximate surface area is 109 Å². The highest BCUT2D eigenvalue weighted by molar-refractivity contribution is 5.45. The third-order valence-corrected chi connectivity index (χ3v) is 2.92. The molecule has 2 rings (SSSR count). The molecule has 1 aromatic rings. The molecule has 0 amide bonds. The molecule has 1 saturated heterocycles. The number of nitrogens with one attached hydrogen (secondary N) is 1. The van der Waals surface area contributed by atoms with E-state index >= 15 is 0 Å². The quantitative estimate of drug-likeness (QED) is 0.812. The number of piperazine rings is 1. The average molecular weight is 244 g/mol. The molecule has 1 fully saturated rings. The molecule has 0 atom stereocenters. The molecular weight excluding hydrogens is 224 g/mol. The lowest BCUT2D eigenvalue weighted by molar-refractivity contribution is 0.268. The topological polar surface area (TPSA) is 24.5 Å². The van der Waals surface area contributed by atoms with Gasteiger partial charge >= 0.3 is 0 Å². The van der Waals surface area contributed by atoms with E-state index in [-0.39, 0.29) is 0 Å². The summed E-state index contributed by atoms with van der Waals surface area (Å²) in [6, 6.07) is 7.96. The zero-order valence-corrected chi connectivity index (χ0v) is 10.9. The minimum absolute atomic E-state index is 0.677. The Morgan fingerprint density at radius 3 is 2.83 bits per heavy atom. The van der Waals surface area contributed by atoms with Gasteiger partial charge in [-0.25, -0.2) is 0 Å². The molecule has 1 aliphatic rings. The molecule has 0 spiro atoms. The van der Waals surface area contributed by atoms with E-state index in [2.05, 4.69) is 22.1 Å². The monoisotopic (exact) mass is 244 g/mol. The first kappa shape index (κ1) is 12.9. The van der Waals surface area contributed by atoms with Crippen LogP contribution >= 0.6 is 0 Å². The number of para-hydroxylation sites is 1. The van der Waals surface area contributed by atoms with Gasteiger partial charge in [0.2, 0.25) is 0 Å². The van der Waals surface area contributed by atoms with Gasteiger partial charge in [0.25, 0.3) is 0 Å². The Morgan fingerprint density at radius 2 is 2.06 bits per heavy atom. The lowest BCUT2D eigenvalue weighted by atomic mass is 10.2. The lowest BCUT2D eigenvalue weighted by Crippen LogP contribution is -2.43. The van der Waals surface area contributed by atoms with Crippen molar-refractivity contribution in [3.63, 3.8) is 0 Å². The zero-order valence-electron chi connectivity index (χ0n) is 10.9. The molecule has 1 aromatic carbocycles. The van der Waals surface area contributed by atoms with Crippen molar-refractivity contribution in [2.75, 3.05) is 39.3 Å². The van der Waals surface area contributed by atoms with E-state index < -0.39 is 0 Å². The molecule has 18 heavy (non-hydrogen) atoms. The Kier molecular flexibility index (Phi) is 5.07. The fourth-order valence-corrected chi connectivity index (χ4v) is 1.97. The molecule has 0 unspecified atom stereocenters. The van der Waals surface area contributed by atoms with Gasteiger partial charge < -0.3 is 10.1 Å². The first-order chi connectivity index (χ1) is 8.90. The standard InChI is InChI=1S/C15H20N2O/c1-2-18-15-8-4-3-6-14(15)7-5-11-17-12-9-16-10-13-17/h3-4,6,8,16H,2,9-13H2,1H3. The first-order valence-electron chi connectivity index (χ1n) is 6.54. The largest absolute Gasteiger partial charge is 0.493 e. The summed E-state index contributed by atoms with van der Waals surface area (Å²) in [4.78, 5) is 2.37. The summed E-state index contributed by atoms with van der Waals surface area (Å²) < 4.78 is 5.55. The Hall–Kier alpha value is -1.50. The molecule has 1 heterocycles. The summed E-state index contributed by atoms with van der Waals surface area (Å²) in [5, 5.41) is 3.34. The summed E-state index contributed by atoms with van der Waals surface area (Å²) in [5.74, 6) is 7.33. The smallest absolute Gasteiger partial charge is 0.134 e. The van der Waals surface area contributed by atoms with Crippen molar-refractivity contribution < 1.29 is 4.74 Å². The molecule has 0 saturated carbocycles. The number of hydrogen-bond donors (Lipinski definition) is 1. The second-order valence-electron chi connectivity index (χ2n) is 4.26. The number of rotatable bonds is 3. The number of benzene rings is 1. The van der Waals surface area contributed by atoms with Gasteiger partial charge in [0.05, 0.1) is 18.7 Å². The lowest BCUT2D eigenvalue weighted by Gasteiger charge is -2.24. The summed E-state index contributed by atoms with van der Waals surface area (Å²) in [5.41, 5.74) is 0.981. The first-order valence-corrected chi connectivity index (χ1v) is 6.54. The summed E-state index contributed by atoms with van der Waals surface area (Å²) in [6.07, 6.45) is 0. The van der Waals surface area contributed by atoms with Crippen LogP contribution in [0.2, 0.25) is 0 Å². The number of nitrogens with zero attached hydrogens (tertiary/aromatic N) is 1. The van der Waals surface area contributed by atoms with Crippen molar-refractivity contribution >= 4 is 0 Å². The minimum atomic E-state index is 0.677. The van der Waals surface area contributed by atoms with Gasteiger partial charge in [0.15, 0.2) is 0 Å². The fraction of sp³-hybridized carbons (Fsp3) is 0.467. The van der Waals surface area contributed by atoms with E-state index in [9.17, 15) is 0 Å². The maximum atomic E-state index is 5.55. The molecular formula is C15H20N2O. The van der Waals surface area contributed by atoms with Gasteiger partial charge in [-0.15, -0.1) is 0 Å². The molecule has 3 heteroatoms. The van der Waals surface area contributed by atoms with Gasteiger partial charge in [-0.3, -0.25) is 4.90 Å². The summed E-state index contributed by atoms with van der Waals surface area (Å²) in [7, 11) is 0. The van der Waals surface area contributed by atoms with Crippen LogP contribution < -0.4 is 10.1 Å². The van der Waals surface area contributed by atoms with Gasteiger partial charge in [0.1, 0.15) is 5.75 Å². The minimum Gasteiger partial charge on any atom is -0.493 e. The Morgan fingerprint density at radius 1 is 1.28 bits per heavy atom. The van der Waals surface area contributed by atoms with Gasteiger partial charge in [-0.05, 0) is 19.1 Å². The van der Waals surface area contributed by atoms with Crippen LogP contribution in [0.15, 0.2) is 24.3 Å². The van der Waals surface area contributed by atoms with Gasteiger partial charge in [0, 0.05) is 26.2 Å². The van der Waals surface area contributed by atoms with Crippen molar-refractivity contribution in [1.82, 2.24) is 10.2 Å². The Bertz CT molecular complexity index is 428. The molecule has 0 radical (unpaired) electrons. The highest BCUT2D eigenvalue weighted by Crippen LogP contribution is 2.16. The number of ether oxygens (including phenoxy) is 1. The van der Waals surface area contributed by atoms with E-state index in [0.29, 0.717) is 6.61 Å². The van der Waals surface area contributed by atoms with Gasteiger partial charge in [-0.1, -0.05) is 24.0 Å². The van der Waals surface area contributed by atoms with Crippen LogP contribution in [0, 0.1) is 11.8 Å². The van der Waals surface area contributed by atoms with Crippen molar-refractivity contribution in [3.8, 4) is 17.6 Å². The van der Waals surface area contributed by atoms with Crippen molar-refractivity contribution in [3.05, 3.63) is 29.8 Å².